The zero-order valence-electron chi connectivity index (χ0n) is 9.74. The van der Waals surface area contributed by atoms with Crippen molar-refractivity contribution in [2.75, 3.05) is 5.32 Å². The Labute approximate surface area is 128 Å². The van der Waals surface area contributed by atoms with Crippen molar-refractivity contribution in [2.45, 2.75) is 25.4 Å². The van der Waals surface area contributed by atoms with Gasteiger partial charge in [-0.15, -0.1) is 0 Å². The molecule has 3 nitrogen and oxygen atoms in total. The second kappa shape index (κ2) is 5.21. The first-order valence-electron chi connectivity index (χ1n) is 5.93. The predicted octanol–water partition coefficient (Wildman–Crippen LogP) is 4.20. The highest BCUT2D eigenvalue weighted by Crippen LogP contribution is 2.35. The summed E-state index contributed by atoms with van der Waals surface area (Å²) in [6.07, 6.45) is 6.48. The second-order valence-electron chi connectivity index (χ2n) is 4.51. The zero-order chi connectivity index (χ0) is 12.5. The summed E-state index contributed by atoms with van der Waals surface area (Å²) in [6.45, 7) is 0.828. The van der Waals surface area contributed by atoms with Crippen LogP contribution in [0.1, 0.15) is 24.6 Å². The Morgan fingerprint density at radius 1 is 1.44 bits per heavy atom. The molecule has 3 rings (SSSR count). The van der Waals surface area contributed by atoms with Gasteiger partial charge in [0.1, 0.15) is 0 Å². The first-order chi connectivity index (χ1) is 8.74. The maximum absolute atomic E-state index is 4.24. The number of anilines is 1. The highest BCUT2D eigenvalue weighted by atomic mass is 127. The summed E-state index contributed by atoms with van der Waals surface area (Å²) < 4.78 is 4.64. The molecule has 0 spiro atoms. The summed E-state index contributed by atoms with van der Waals surface area (Å²) >= 11 is 5.83. The Hall–Kier alpha value is -0.560. The molecule has 5 heteroatoms. The summed E-state index contributed by atoms with van der Waals surface area (Å²) in [7, 11) is 0. The summed E-state index contributed by atoms with van der Waals surface area (Å²) in [5.41, 5.74) is 2.40. The normalized spacial score (nSPS) is 14.8. The fraction of sp³-hybridized carbons (Fsp3) is 0.308. The lowest BCUT2D eigenvalue weighted by Gasteiger charge is -2.10. The van der Waals surface area contributed by atoms with E-state index in [1.165, 1.54) is 22.1 Å². The lowest BCUT2D eigenvalue weighted by atomic mass is 10.3. The van der Waals surface area contributed by atoms with E-state index in [9.17, 15) is 0 Å². The Kier molecular flexibility index (Phi) is 3.61. The van der Waals surface area contributed by atoms with Crippen molar-refractivity contribution >= 4 is 44.2 Å². The molecule has 94 valence electrons. The smallest absolute Gasteiger partial charge is 0.0951 e. The maximum Gasteiger partial charge on any atom is 0.0951 e. The Morgan fingerprint density at radius 3 is 3.00 bits per heavy atom. The highest BCUT2D eigenvalue weighted by molar-refractivity contribution is 14.1. The minimum absolute atomic E-state index is 0.689. The molecule has 1 N–H and O–H groups in total. The van der Waals surface area contributed by atoms with Crippen LogP contribution < -0.4 is 5.32 Å². The number of imidazole rings is 1. The van der Waals surface area contributed by atoms with Gasteiger partial charge in [0.2, 0.25) is 0 Å². The van der Waals surface area contributed by atoms with Gasteiger partial charge in [-0.05, 0) is 69.6 Å². The van der Waals surface area contributed by atoms with Crippen molar-refractivity contribution in [2.24, 2.45) is 0 Å². The average molecular weight is 418 g/mol. The number of hydrogen-bond acceptors (Lipinski definition) is 2. The minimum Gasteiger partial charge on any atom is -0.379 e. The fourth-order valence-corrected chi connectivity index (χ4v) is 2.71. The van der Waals surface area contributed by atoms with Crippen molar-refractivity contribution in [1.82, 2.24) is 9.55 Å². The van der Waals surface area contributed by atoms with Gasteiger partial charge in [-0.25, -0.2) is 4.98 Å². The van der Waals surface area contributed by atoms with Gasteiger partial charge in [0.05, 0.1) is 18.6 Å². The molecule has 1 aromatic carbocycles. The molecule has 0 radical (unpaired) electrons. The van der Waals surface area contributed by atoms with Crippen LogP contribution in [-0.4, -0.2) is 9.55 Å². The first-order valence-corrected chi connectivity index (χ1v) is 7.81. The number of hydrogen-bond donors (Lipinski definition) is 1. The van der Waals surface area contributed by atoms with E-state index in [4.69, 9.17) is 0 Å². The van der Waals surface area contributed by atoms with Crippen LogP contribution in [0.5, 0.6) is 0 Å². The van der Waals surface area contributed by atoms with Gasteiger partial charge in [-0.3, -0.25) is 0 Å². The maximum atomic E-state index is 4.24. The van der Waals surface area contributed by atoms with Crippen LogP contribution in [0, 0.1) is 3.57 Å². The molecule has 0 unspecified atom stereocenters. The Bertz CT molecular complexity index is 563. The second-order valence-corrected chi connectivity index (χ2v) is 6.52. The fourth-order valence-electron chi connectivity index (χ4n) is 1.95. The molecule has 0 amide bonds. The van der Waals surface area contributed by atoms with Gasteiger partial charge < -0.3 is 9.88 Å². The predicted molar refractivity (Wildman–Crippen MR) is 84.7 cm³/mol. The van der Waals surface area contributed by atoms with Crippen LogP contribution in [-0.2, 0) is 6.54 Å². The number of nitrogens with one attached hydrogen (secondary N) is 1. The Morgan fingerprint density at radius 2 is 2.28 bits per heavy atom. The van der Waals surface area contributed by atoms with Gasteiger partial charge in [0.15, 0.2) is 0 Å². The number of aromatic nitrogens is 2. The number of nitrogens with zero attached hydrogens (tertiary/aromatic N) is 2. The van der Waals surface area contributed by atoms with Gasteiger partial charge in [-0.2, -0.15) is 0 Å². The topological polar surface area (TPSA) is 29.9 Å². The van der Waals surface area contributed by atoms with E-state index in [0.29, 0.717) is 6.04 Å². The van der Waals surface area contributed by atoms with Crippen LogP contribution in [0.2, 0.25) is 0 Å². The third-order valence-corrected chi connectivity index (χ3v) is 5.41. The molecule has 1 heterocycles. The standard InChI is InChI=1S/C13H13BrIN3/c14-12-4-1-9(5-13(12)15)17-7-11-6-16-8-18(11)10-2-3-10/h1,4-6,8,10,17H,2-3,7H2. The molecule has 1 aliphatic rings. The molecular formula is C13H13BrIN3. The van der Waals surface area contributed by atoms with Crippen LogP contribution in [0.25, 0.3) is 0 Å². The first kappa shape index (κ1) is 12.5. The highest BCUT2D eigenvalue weighted by Gasteiger charge is 2.24. The van der Waals surface area contributed by atoms with E-state index in [-0.39, 0.29) is 0 Å². The van der Waals surface area contributed by atoms with Crippen LogP contribution in [0.15, 0.2) is 35.2 Å². The van der Waals surface area contributed by atoms with Gasteiger partial charge in [0.25, 0.3) is 0 Å². The molecular weight excluding hydrogens is 405 g/mol. The molecule has 18 heavy (non-hydrogen) atoms. The summed E-state index contributed by atoms with van der Waals surface area (Å²) in [4.78, 5) is 4.24. The zero-order valence-corrected chi connectivity index (χ0v) is 13.5. The lowest BCUT2D eigenvalue weighted by Crippen LogP contribution is -2.06. The van der Waals surface area contributed by atoms with E-state index < -0.39 is 0 Å². The van der Waals surface area contributed by atoms with E-state index in [1.54, 1.807) is 0 Å². The van der Waals surface area contributed by atoms with Crippen LogP contribution in [0.4, 0.5) is 5.69 Å². The van der Waals surface area contributed by atoms with Crippen molar-refractivity contribution in [1.29, 1.82) is 0 Å². The van der Waals surface area contributed by atoms with E-state index >= 15 is 0 Å². The third kappa shape index (κ3) is 2.71. The molecule has 0 bridgehead atoms. The van der Waals surface area contributed by atoms with E-state index in [0.717, 1.165) is 16.7 Å². The van der Waals surface area contributed by atoms with Crippen LogP contribution in [0.3, 0.4) is 0 Å². The minimum atomic E-state index is 0.689. The molecule has 0 atom stereocenters. The number of halogens is 2. The molecule has 1 fully saturated rings. The van der Waals surface area contributed by atoms with Gasteiger partial charge in [0, 0.05) is 26.0 Å². The molecule has 1 aliphatic carbocycles. The van der Waals surface area contributed by atoms with Crippen LogP contribution >= 0.6 is 38.5 Å². The summed E-state index contributed by atoms with van der Waals surface area (Å²) in [5.74, 6) is 0. The average Bonchev–Trinajstić information content (AvgIpc) is 3.10. The van der Waals surface area contributed by atoms with Gasteiger partial charge in [-0.1, -0.05) is 0 Å². The number of rotatable bonds is 4. The molecule has 0 saturated heterocycles. The summed E-state index contributed by atoms with van der Waals surface area (Å²) in [5, 5.41) is 3.45. The van der Waals surface area contributed by atoms with Crippen molar-refractivity contribution in [3.8, 4) is 0 Å². The quantitative estimate of drug-likeness (QED) is 0.755. The summed E-state index contributed by atoms with van der Waals surface area (Å²) in [6, 6.07) is 6.99. The van der Waals surface area contributed by atoms with Crippen molar-refractivity contribution in [3.05, 3.63) is 44.5 Å². The largest absolute Gasteiger partial charge is 0.379 e. The van der Waals surface area contributed by atoms with E-state index in [2.05, 4.69) is 71.6 Å². The molecule has 2 aromatic rings. The lowest BCUT2D eigenvalue weighted by molar-refractivity contribution is 0.701. The van der Waals surface area contributed by atoms with Gasteiger partial charge >= 0.3 is 0 Å². The molecule has 0 aliphatic heterocycles. The van der Waals surface area contributed by atoms with Crippen molar-refractivity contribution in [3.63, 3.8) is 0 Å². The Balaban J connectivity index is 1.69. The van der Waals surface area contributed by atoms with E-state index in [1.807, 2.05) is 12.5 Å². The molecule has 1 aromatic heterocycles. The SMILES string of the molecule is Brc1ccc(NCc2cncn2C2CC2)cc1I. The third-order valence-electron chi connectivity index (χ3n) is 3.08. The molecule has 1 saturated carbocycles. The number of benzene rings is 1. The van der Waals surface area contributed by atoms with Crippen molar-refractivity contribution < 1.29 is 0 Å². The monoisotopic (exact) mass is 417 g/mol.